The Kier molecular flexibility index (Phi) is 3.37. The number of alkyl halides is 6. The molecule has 0 amide bonds. The summed E-state index contributed by atoms with van der Waals surface area (Å²) in [6.07, 6.45) is -12.2. The largest absolute Gasteiger partial charge is 0.400 e. The molecule has 0 saturated carbocycles. The zero-order chi connectivity index (χ0) is 9.99. The van der Waals surface area contributed by atoms with E-state index in [2.05, 4.69) is 0 Å². The summed E-state index contributed by atoms with van der Waals surface area (Å²) >= 11 is 0. The molecule has 0 spiro atoms. The summed E-state index contributed by atoms with van der Waals surface area (Å²) in [5.74, 6) is -3.48. The van der Waals surface area contributed by atoms with E-state index in [9.17, 15) is 31.4 Å². The molecule has 0 fully saturated rings. The highest BCUT2D eigenvalue weighted by molar-refractivity contribution is 4.74. The molecule has 1 nitrogen and oxygen atoms in total. The van der Waals surface area contributed by atoms with Gasteiger partial charge in [0, 0.05) is 0 Å². The Hall–Kier alpha value is -0.460. The van der Waals surface area contributed by atoms with Crippen molar-refractivity contribution in [2.75, 3.05) is 6.61 Å². The first-order valence-electron chi connectivity index (χ1n) is 2.91. The van der Waals surface area contributed by atoms with E-state index in [0.29, 0.717) is 0 Å². The van der Waals surface area contributed by atoms with Gasteiger partial charge in [-0.05, 0) is 6.42 Å². The van der Waals surface area contributed by atoms with Crippen LogP contribution in [0, 0.1) is 5.92 Å². The van der Waals surface area contributed by atoms with Gasteiger partial charge in [0.15, 0.2) is 5.92 Å². The van der Waals surface area contributed by atoms with Crippen molar-refractivity contribution in [1.82, 2.24) is 0 Å². The van der Waals surface area contributed by atoms with Gasteiger partial charge < -0.3 is 0 Å². The molecular formula is C5H5F6O. The second kappa shape index (κ2) is 3.51. The Morgan fingerprint density at radius 1 is 0.917 bits per heavy atom. The van der Waals surface area contributed by atoms with E-state index < -0.39 is 31.3 Å². The third-order valence-electron chi connectivity index (χ3n) is 1.20. The Balaban J connectivity index is 4.45. The van der Waals surface area contributed by atoms with Crippen LogP contribution in [0.5, 0.6) is 0 Å². The van der Waals surface area contributed by atoms with E-state index >= 15 is 0 Å². The molecule has 0 aromatic heterocycles. The fraction of sp³-hybridized carbons (Fsp3) is 1.00. The minimum absolute atomic E-state index is 1.39. The SMILES string of the molecule is [O]CCC(C(F)(F)F)C(F)(F)F. The van der Waals surface area contributed by atoms with Crippen molar-refractivity contribution in [1.29, 1.82) is 0 Å². The van der Waals surface area contributed by atoms with Crippen LogP contribution < -0.4 is 0 Å². The molecule has 0 aromatic rings. The Morgan fingerprint density at radius 2 is 1.25 bits per heavy atom. The van der Waals surface area contributed by atoms with Crippen LogP contribution >= 0.6 is 0 Å². The van der Waals surface area contributed by atoms with Gasteiger partial charge in [0.05, 0.1) is 6.61 Å². The lowest BCUT2D eigenvalue weighted by Crippen LogP contribution is -2.36. The highest BCUT2D eigenvalue weighted by Crippen LogP contribution is 2.40. The van der Waals surface area contributed by atoms with Gasteiger partial charge in [-0.15, -0.1) is 0 Å². The molecule has 0 rings (SSSR count). The minimum atomic E-state index is -5.37. The standard InChI is InChI=1S/C5H5F6O/c6-4(7,8)3(1-2-12)5(9,10)11/h3H,1-2H2. The predicted molar refractivity (Wildman–Crippen MR) is 25.8 cm³/mol. The topological polar surface area (TPSA) is 19.9 Å². The van der Waals surface area contributed by atoms with Gasteiger partial charge in [-0.25, -0.2) is 5.11 Å². The lowest BCUT2D eigenvalue weighted by atomic mass is 10.1. The Bertz CT molecular complexity index is 122. The molecule has 0 aliphatic rings. The monoisotopic (exact) mass is 195 g/mol. The molecule has 0 aliphatic carbocycles. The summed E-state index contributed by atoms with van der Waals surface area (Å²) < 4.78 is 69.3. The second-order valence-corrected chi connectivity index (χ2v) is 2.13. The van der Waals surface area contributed by atoms with Gasteiger partial charge in [0.1, 0.15) is 0 Å². The highest BCUT2D eigenvalue weighted by Gasteiger charge is 2.55. The molecule has 0 saturated heterocycles. The molecule has 7 heteroatoms. The van der Waals surface area contributed by atoms with Gasteiger partial charge in [0.2, 0.25) is 0 Å². The molecule has 0 aromatic carbocycles. The van der Waals surface area contributed by atoms with Crippen LogP contribution in [0.3, 0.4) is 0 Å². The fourth-order valence-electron chi connectivity index (χ4n) is 0.631. The molecule has 12 heavy (non-hydrogen) atoms. The molecule has 73 valence electrons. The number of rotatable bonds is 2. The molecular weight excluding hydrogens is 190 g/mol. The van der Waals surface area contributed by atoms with Crippen molar-refractivity contribution in [3.63, 3.8) is 0 Å². The van der Waals surface area contributed by atoms with Crippen LogP contribution in [0.15, 0.2) is 0 Å². The molecule has 0 unspecified atom stereocenters. The molecule has 0 atom stereocenters. The third kappa shape index (κ3) is 3.29. The normalized spacial score (nSPS) is 14.0. The zero-order valence-electron chi connectivity index (χ0n) is 5.67. The van der Waals surface area contributed by atoms with Crippen molar-refractivity contribution in [3.05, 3.63) is 0 Å². The number of hydrogen-bond donors (Lipinski definition) is 0. The summed E-state index contributed by atoms with van der Waals surface area (Å²) in [6.45, 7) is -1.39. The van der Waals surface area contributed by atoms with E-state index in [1.807, 2.05) is 0 Å². The maximum atomic E-state index is 11.5. The average Bonchev–Trinajstić information content (AvgIpc) is 1.77. The third-order valence-corrected chi connectivity index (χ3v) is 1.20. The first-order valence-corrected chi connectivity index (χ1v) is 2.91. The molecule has 0 heterocycles. The van der Waals surface area contributed by atoms with Gasteiger partial charge in [-0.1, -0.05) is 0 Å². The van der Waals surface area contributed by atoms with E-state index in [-0.39, 0.29) is 0 Å². The molecule has 0 aliphatic heterocycles. The smallest absolute Gasteiger partial charge is 0.237 e. The first kappa shape index (κ1) is 11.5. The van der Waals surface area contributed by atoms with Crippen molar-refractivity contribution in [2.45, 2.75) is 18.8 Å². The zero-order valence-corrected chi connectivity index (χ0v) is 5.67. The maximum absolute atomic E-state index is 11.5. The van der Waals surface area contributed by atoms with E-state index in [1.165, 1.54) is 0 Å². The van der Waals surface area contributed by atoms with Crippen LogP contribution in [0.25, 0.3) is 0 Å². The van der Waals surface area contributed by atoms with Crippen molar-refractivity contribution >= 4 is 0 Å². The van der Waals surface area contributed by atoms with Crippen LogP contribution in [0.2, 0.25) is 0 Å². The average molecular weight is 195 g/mol. The number of hydrogen-bond acceptors (Lipinski definition) is 0. The van der Waals surface area contributed by atoms with Crippen molar-refractivity contribution in [3.8, 4) is 0 Å². The molecule has 1 radical (unpaired) electrons. The summed E-state index contributed by atoms with van der Waals surface area (Å²) in [6, 6.07) is 0. The van der Waals surface area contributed by atoms with Gasteiger partial charge in [-0.3, -0.25) is 0 Å². The first-order chi connectivity index (χ1) is 5.19. The van der Waals surface area contributed by atoms with Gasteiger partial charge in [0.25, 0.3) is 0 Å². The van der Waals surface area contributed by atoms with Crippen LogP contribution in [-0.4, -0.2) is 19.0 Å². The fourth-order valence-corrected chi connectivity index (χ4v) is 0.631. The maximum Gasteiger partial charge on any atom is 0.400 e. The second-order valence-electron chi connectivity index (χ2n) is 2.13. The molecule has 0 N–H and O–H groups in total. The minimum Gasteiger partial charge on any atom is -0.237 e. The quantitative estimate of drug-likeness (QED) is 0.603. The molecule has 0 bridgehead atoms. The van der Waals surface area contributed by atoms with Crippen molar-refractivity contribution in [2.24, 2.45) is 5.92 Å². The Labute approximate surface area is 64.0 Å². The lowest BCUT2D eigenvalue weighted by molar-refractivity contribution is -0.287. The summed E-state index contributed by atoms with van der Waals surface area (Å²) in [5.41, 5.74) is 0. The summed E-state index contributed by atoms with van der Waals surface area (Å²) in [7, 11) is 0. The number of halogens is 6. The van der Waals surface area contributed by atoms with E-state index in [0.717, 1.165) is 0 Å². The van der Waals surface area contributed by atoms with Gasteiger partial charge in [-0.2, -0.15) is 26.3 Å². The highest BCUT2D eigenvalue weighted by atomic mass is 19.4. The van der Waals surface area contributed by atoms with Crippen LogP contribution in [0.4, 0.5) is 26.3 Å². The van der Waals surface area contributed by atoms with Gasteiger partial charge >= 0.3 is 12.4 Å². The van der Waals surface area contributed by atoms with Crippen LogP contribution in [-0.2, 0) is 5.11 Å². The lowest BCUT2D eigenvalue weighted by Gasteiger charge is -2.21. The van der Waals surface area contributed by atoms with E-state index in [4.69, 9.17) is 0 Å². The predicted octanol–water partition coefficient (Wildman–Crippen LogP) is 2.55. The Morgan fingerprint density at radius 3 is 1.33 bits per heavy atom. The van der Waals surface area contributed by atoms with Crippen LogP contribution in [0.1, 0.15) is 6.42 Å². The summed E-state index contributed by atoms with van der Waals surface area (Å²) in [5, 5.41) is 9.63. The van der Waals surface area contributed by atoms with E-state index in [1.54, 1.807) is 0 Å². The summed E-state index contributed by atoms with van der Waals surface area (Å²) in [4.78, 5) is 0. The van der Waals surface area contributed by atoms with Crippen molar-refractivity contribution < 1.29 is 31.4 Å².